The van der Waals surface area contributed by atoms with Crippen molar-refractivity contribution in [1.29, 1.82) is 0 Å². The number of carbonyl (C=O) groups is 2. The molecule has 0 radical (unpaired) electrons. The third-order valence-corrected chi connectivity index (χ3v) is 3.09. The van der Waals surface area contributed by atoms with Crippen LogP contribution in [-0.4, -0.2) is 50.0 Å². The first-order chi connectivity index (χ1) is 8.40. The number of carboxylic acid groups (broad SMARTS) is 2. The number of thioether (sulfide) groups is 1. The number of aliphatic carboxylic acids is 2. The summed E-state index contributed by atoms with van der Waals surface area (Å²) in [6, 6.07) is -1.96. The van der Waals surface area contributed by atoms with Crippen molar-refractivity contribution >= 4 is 23.7 Å². The van der Waals surface area contributed by atoms with E-state index in [-0.39, 0.29) is 12.2 Å². The lowest BCUT2D eigenvalue weighted by Gasteiger charge is -2.04. The van der Waals surface area contributed by atoms with Gasteiger partial charge >= 0.3 is 11.9 Å². The lowest BCUT2D eigenvalue weighted by Crippen LogP contribution is -2.32. The zero-order valence-electron chi connectivity index (χ0n) is 9.37. The normalized spacial score (nSPS) is 14.1. The Morgan fingerprint density at radius 3 is 2.50 bits per heavy atom. The van der Waals surface area contributed by atoms with Crippen molar-refractivity contribution in [2.75, 3.05) is 5.75 Å². The van der Waals surface area contributed by atoms with E-state index in [9.17, 15) is 9.59 Å². The summed E-state index contributed by atoms with van der Waals surface area (Å²) in [7, 11) is 0. The average Bonchev–Trinajstić information content (AvgIpc) is 2.73. The number of hydrogen-bond acceptors (Lipinski definition) is 6. The first-order valence-corrected chi connectivity index (χ1v) is 6.02. The van der Waals surface area contributed by atoms with Crippen LogP contribution >= 0.6 is 11.8 Å². The minimum absolute atomic E-state index is 0.133. The highest BCUT2D eigenvalue weighted by atomic mass is 32.2. The zero-order valence-corrected chi connectivity index (χ0v) is 10.2. The molecule has 0 spiro atoms. The molecule has 0 aliphatic rings. The number of rotatable bonds is 7. The quantitative estimate of drug-likeness (QED) is 0.391. The lowest BCUT2D eigenvalue weighted by molar-refractivity contribution is -0.139. The number of hydrogen-bond donors (Lipinski definition) is 5. The standard InChI is InChI=1S/C9H14N4O4S/c10-5(7(14)15)1-4-2-12-9(13-4)18-3-6(11)8(16)17/h2,5-6H,1,3,10-11H2,(H,12,13)(H,14,15)(H,16,17)/t5-,6?/m0/s1. The fourth-order valence-corrected chi connectivity index (χ4v) is 1.89. The number of H-pyrrole nitrogens is 1. The van der Waals surface area contributed by atoms with Crippen molar-refractivity contribution in [3.8, 4) is 0 Å². The molecular formula is C9H14N4O4S. The molecule has 18 heavy (non-hydrogen) atoms. The van der Waals surface area contributed by atoms with Crippen LogP contribution in [0.1, 0.15) is 5.69 Å². The zero-order chi connectivity index (χ0) is 13.7. The van der Waals surface area contributed by atoms with Crippen LogP contribution in [0.15, 0.2) is 11.4 Å². The molecule has 1 aromatic rings. The Bertz CT molecular complexity index is 436. The second-order valence-corrected chi connectivity index (χ2v) is 4.63. The van der Waals surface area contributed by atoms with E-state index in [1.54, 1.807) is 0 Å². The van der Waals surface area contributed by atoms with Gasteiger partial charge in [-0.05, 0) is 0 Å². The van der Waals surface area contributed by atoms with E-state index in [1.165, 1.54) is 6.20 Å². The van der Waals surface area contributed by atoms with Crippen LogP contribution in [0.2, 0.25) is 0 Å². The van der Waals surface area contributed by atoms with Crippen LogP contribution in [0.4, 0.5) is 0 Å². The maximum atomic E-state index is 10.6. The fraction of sp³-hybridized carbons (Fsp3) is 0.444. The van der Waals surface area contributed by atoms with Gasteiger partial charge in [-0.1, -0.05) is 11.8 Å². The van der Waals surface area contributed by atoms with Crippen LogP contribution in [0.3, 0.4) is 0 Å². The SMILES string of the molecule is NC(CSc1ncc(C[C@H](N)C(=O)O)[nH]1)C(=O)O. The summed E-state index contributed by atoms with van der Waals surface area (Å²) in [5, 5.41) is 17.7. The van der Waals surface area contributed by atoms with E-state index in [2.05, 4.69) is 9.97 Å². The number of carboxylic acids is 2. The highest BCUT2D eigenvalue weighted by Gasteiger charge is 2.15. The molecule has 1 unspecified atom stereocenters. The molecule has 9 heteroatoms. The van der Waals surface area contributed by atoms with Gasteiger partial charge in [0.25, 0.3) is 0 Å². The van der Waals surface area contributed by atoms with E-state index in [1.807, 2.05) is 0 Å². The largest absolute Gasteiger partial charge is 0.480 e. The molecule has 0 amide bonds. The molecule has 1 rings (SSSR count). The second kappa shape index (κ2) is 6.38. The summed E-state index contributed by atoms with van der Waals surface area (Å²) in [5.41, 5.74) is 11.3. The maximum Gasteiger partial charge on any atom is 0.321 e. The molecule has 0 aliphatic heterocycles. The van der Waals surface area contributed by atoms with Gasteiger partial charge in [0.2, 0.25) is 0 Å². The minimum Gasteiger partial charge on any atom is -0.480 e. The van der Waals surface area contributed by atoms with Gasteiger partial charge in [0, 0.05) is 24.1 Å². The number of nitrogens with two attached hydrogens (primary N) is 2. The average molecular weight is 274 g/mol. The molecule has 7 N–H and O–H groups in total. The van der Waals surface area contributed by atoms with E-state index >= 15 is 0 Å². The van der Waals surface area contributed by atoms with Gasteiger partial charge in [0.05, 0.1) is 0 Å². The van der Waals surface area contributed by atoms with Crippen molar-refractivity contribution in [2.45, 2.75) is 23.7 Å². The van der Waals surface area contributed by atoms with Crippen molar-refractivity contribution < 1.29 is 19.8 Å². The van der Waals surface area contributed by atoms with Crippen molar-refractivity contribution in [3.63, 3.8) is 0 Å². The number of aromatic amines is 1. The third-order valence-electron chi connectivity index (χ3n) is 2.08. The highest BCUT2D eigenvalue weighted by Crippen LogP contribution is 2.15. The van der Waals surface area contributed by atoms with Crippen molar-refractivity contribution in [1.82, 2.24) is 9.97 Å². The molecule has 100 valence electrons. The van der Waals surface area contributed by atoms with Gasteiger partial charge in [-0.3, -0.25) is 9.59 Å². The Morgan fingerprint density at radius 2 is 1.94 bits per heavy atom. The maximum absolute atomic E-state index is 10.6. The molecule has 1 aromatic heterocycles. The van der Waals surface area contributed by atoms with Crippen LogP contribution in [0.5, 0.6) is 0 Å². The molecule has 0 saturated carbocycles. The van der Waals surface area contributed by atoms with Crippen molar-refractivity contribution in [2.24, 2.45) is 11.5 Å². The molecule has 0 fully saturated rings. The predicted molar refractivity (Wildman–Crippen MR) is 64.2 cm³/mol. The molecule has 8 nitrogen and oxygen atoms in total. The summed E-state index contributed by atoms with van der Waals surface area (Å²) in [6.07, 6.45) is 1.60. The Hall–Kier alpha value is -1.58. The molecule has 0 aliphatic carbocycles. The fourth-order valence-electron chi connectivity index (χ4n) is 1.08. The van der Waals surface area contributed by atoms with E-state index in [4.69, 9.17) is 21.7 Å². The predicted octanol–water partition coefficient (Wildman–Crippen LogP) is -1.13. The molecule has 0 bridgehead atoms. The van der Waals surface area contributed by atoms with E-state index < -0.39 is 24.0 Å². The number of aromatic nitrogens is 2. The van der Waals surface area contributed by atoms with Gasteiger partial charge in [-0.25, -0.2) is 4.98 Å². The Morgan fingerprint density at radius 1 is 1.33 bits per heavy atom. The first kappa shape index (κ1) is 14.5. The summed E-state index contributed by atoms with van der Waals surface area (Å²) in [4.78, 5) is 27.9. The van der Waals surface area contributed by atoms with E-state index in [0.717, 1.165) is 11.8 Å². The summed E-state index contributed by atoms with van der Waals surface area (Å²) in [6.45, 7) is 0. The Balaban J connectivity index is 2.48. The van der Waals surface area contributed by atoms with Gasteiger partial charge in [-0.15, -0.1) is 0 Å². The lowest BCUT2D eigenvalue weighted by atomic mass is 10.2. The summed E-state index contributed by atoms with van der Waals surface area (Å²) in [5.74, 6) is -2.00. The highest BCUT2D eigenvalue weighted by molar-refractivity contribution is 7.99. The second-order valence-electron chi connectivity index (χ2n) is 3.62. The molecular weight excluding hydrogens is 260 g/mol. The number of nitrogens with one attached hydrogen (secondary N) is 1. The van der Waals surface area contributed by atoms with Crippen LogP contribution in [0.25, 0.3) is 0 Å². The van der Waals surface area contributed by atoms with E-state index in [0.29, 0.717) is 10.9 Å². The number of imidazole rings is 1. The third kappa shape index (κ3) is 4.35. The summed E-state index contributed by atoms with van der Waals surface area (Å²) < 4.78 is 0. The van der Waals surface area contributed by atoms with Crippen LogP contribution in [0, 0.1) is 0 Å². The molecule has 0 aromatic carbocycles. The van der Waals surface area contributed by atoms with Gasteiger partial charge in [-0.2, -0.15) is 0 Å². The topological polar surface area (TPSA) is 155 Å². The van der Waals surface area contributed by atoms with Crippen LogP contribution < -0.4 is 11.5 Å². The van der Waals surface area contributed by atoms with Gasteiger partial charge in [0.1, 0.15) is 12.1 Å². The minimum atomic E-state index is -1.09. The molecule has 2 atom stereocenters. The monoisotopic (exact) mass is 274 g/mol. The Labute approximate surface area is 107 Å². The number of nitrogens with zero attached hydrogens (tertiary/aromatic N) is 1. The Kier molecular flexibility index (Phi) is 5.13. The smallest absolute Gasteiger partial charge is 0.321 e. The first-order valence-electron chi connectivity index (χ1n) is 5.03. The van der Waals surface area contributed by atoms with Gasteiger partial charge < -0.3 is 26.7 Å². The van der Waals surface area contributed by atoms with Crippen LogP contribution in [-0.2, 0) is 16.0 Å². The molecule has 1 heterocycles. The van der Waals surface area contributed by atoms with Crippen molar-refractivity contribution in [3.05, 3.63) is 11.9 Å². The van der Waals surface area contributed by atoms with Gasteiger partial charge in [0.15, 0.2) is 5.16 Å². The molecule has 0 saturated heterocycles. The summed E-state index contributed by atoms with van der Waals surface area (Å²) >= 11 is 1.15.